The van der Waals surface area contributed by atoms with Crippen molar-refractivity contribution in [3.05, 3.63) is 70.8 Å². The number of hydrazine groups is 1. The zero-order valence-electron chi connectivity index (χ0n) is 17.3. The first kappa shape index (κ1) is 22.6. The van der Waals surface area contributed by atoms with E-state index in [1.807, 2.05) is 0 Å². The topological polar surface area (TPSA) is 47.6 Å². The minimum atomic E-state index is -4.46. The van der Waals surface area contributed by atoms with Gasteiger partial charge in [-0.05, 0) is 61.8 Å². The molecule has 1 unspecified atom stereocenters. The maximum atomic E-state index is 13.4. The number of alkyl halides is 3. The summed E-state index contributed by atoms with van der Waals surface area (Å²) in [6.45, 7) is 3.50. The van der Waals surface area contributed by atoms with Gasteiger partial charge in [0.05, 0.1) is 16.4 Å². The van der Waals surface area contributed by atoms with Crippen LogP contribution in [0.4, 0.5) is 18.9 Å². The molecular weight excluding hydrogens is 441 g/mol. The Balaban J connectivity index is 1.50. The third kappa shape index (κ3) is 5.09. The van der Waals surface area contributed by atoms with Gasteiger partial charge < -0.3 is 10.2 Å². The van der Waals surface area contributed by atoms with Crippen LogP contribution in [-0.4, -0.2) is 49.2 Å². The van der Waals surface area contributed by atoms with Crippen molar-refractivity contribution in [2.75, 3.05) is 31.2 Å². The first-order valence-corrected chi connectivity index (χ1v) is 10.9. The van der Waals surface area contributed by atoms with Crippen LogP contribution in [-0.2, 0) is 0 Å². The Kier molecular flexibility index (Phi) is 6.74. The van der Waals surface area contributed by atoms with Crippen LogP contribution < -0.4 is 15.8 Å². The molecule has 2 aromatic rings. The van der Waals surface area contributed by atoms with Crippen molar-refractivity contribution in [1.29, 1.82) is 0 Å². The van der Waals surface area contributed by atoms with E-state index in [1.54, 1.807) is 48.5 Å². The highest BCUT2D eigenvalue weighted by molar-refractivity contribution is 6.33. The van der Waals surface area contributed by atoms with Gasteiger partial charge in [0, 0.05) is 18.7 Å². The Labute approximate surface area is 189 Å². The van der Waals surface area contributed by atoms with Crippen LogP contribution >= 0.6 is 11.6 Å². The van der Waals surface area contributed by atoms with Crippen molar-refractivity contribution in [1.82, 2.24) is 15.6 Å². The molecule has 0 bridgehead atoms. The first-order valence-electron chi connectivity index (χ1n) is 10.5. The molecule has 0 saturated carbocycles. The molecule has 32 heavy (non-hydrogen) atoms. The second kappa shape index (κ2) is 9.52. The summed E-state index contributed by atoms with van der Waals surface area (Å²) in [5.74, 6) is -0.203. The highest BCUT2D eigenvalue weighted by Gasteiger charge is 2.44. The van der Waals surface area contributed by atoms with E-state index in [9.17, 15) is 18.0 Å². The van der Waals surface area contributed by atoms with Crippen molar-refractivity contribution in [2.24, 2.45) is 0 Å². The number of benzene rings is 2. The molecule has 2 aliphatic rings. The summed E-state index contributed by atoms with van der Waals surface area (Å²) >= 11 is 6.23. The van der Waals surface area contributed by atoms with Crippen LogP contribution in [0, 0.1) is 0 Å². The molecule has 1 saturated heterocycles. The highest BCUT2D eigenvalue weighted by atomic mass is 35.5. The number of carbonyl (C=O) groups excluding carboxylic acids is 1. The van der Waals surface area contributed by atoms with Crippen LogP contribution in [0.15, 0.2) is 54.6 Å². The van der Waals surface area contributed by atoms with Gasteiger partial charge in [-0.15, -0.1) is 0 Å². The molecule has 2 heterocycles. The zero-order valence-corrected chi connectivity index (χ0v) is 18.1. The summed E-state index contributed by atoms with van der Waals surface area (Å²) in [5, 5.41) is 4.56. The van der Waals surface area contributed by atoms with Crippen LogP contribution in [0.25, 0.3) is 5.70 Å². The lowest BCUT2D eigenvalue weighted by molar-refractivity contribution is -0.142. The van der Waals surface area contributed by atoms with Crippen LogP contribution in [0.3, 0.4) is 0 Å². The van der Waals surface area contributed by atoms with E-state index in [0.717, 1.165) is 25.7 Å². The number of carbonyl (C=O) groups is 1. The number of nitrogens with one attached hydrogen (secondary N) is 2. The largest absolute Gasteiger partial charge is 0.409 e. The lowest BCUT2D eigenvalue weighted by atomic mass is 10.1. The molecule has 9 heteroatoms. The molecule has 170 valence electrons. The maximum Gasteiger partial charge on any atom is 0.409 e. The van der Waals surface area contributed by atoms with Crippen molar-refractivity contribution in [2.45, 2.75) is 25.1 Å². The Morgan fingerprint density at radius 2 is 1.78 bits per heavy atom. The number of anilines is 1. The summed E-state index contributed by atoms with van der Waals surface area (Å²) in [6.07, 6.45) is -0.952. The molecule has 1 atom stereocenters. The number of para-hydroxylation sites is 1. The number of hydrogen-bond acceptors (Lipinski definition) is 4. The van der Waals surface area contributed by atoms with E-state index >= 15 is 0 Å². The Morgan fingerprint density at radius 1 is 1.09 bits per heavy atom. The monoisotopic (exact) mass is 464 g/mol. The third-order valence-electron chi connectivity index (χ3n) is 5.63. The molecule has 5 nitrogen and oxygen atoms in total. The zero-order chi connectivity index (χ0) is 22.7. The molecule has 1 fully saturated rings. The molecule has 0 radical (unpaired) electrons. The average molecular weight is 465 g/mol. The summed E-state index contributed by atoms with van der Waals surface area (Å²) in [5.41, 5.74) is 4.21. The molecule has 2 aromatic carbocycles. The smallest absolute Gasteiger partial charge is 0.351 e. The van der Waals surface area contributed by atoms with Gasteiger partial charge in [-0.2, -0.15) is 13.2 Å². The van der Waals surface area contributed by atoms with Gasteiger partial charge in [0.1, 0.15) is 6.04 Å². The van der Waals surface area contributed by atoms with Crippen molar-refractivity contribution < 1.29 is 18.0 Å². The maximum absolute atomic E-state index is 13.4. The molecule has 2 aliphatic heterocycles. The fraction of sp³-hybridized carbons (Fsp3) is 0.348. The van der Waals surface area contributed by atoms with Gasteiger partial charge in [-0.3, -0.25) is 9.80 Å². The Bertz CT molecular complexity index is 987. The number of hydrogen-bond donors (Lipinski definition) is 2. The molecule has 0 aromatic heterocycles. The van der Waals surface area contributed by atoms with E-state index in [4.69, 9.17) is 11.6 Å². The second-order valence-electron chi connectivity index (χ2n) is 7.87. The van der Waals surface area contributed by atoms with E-state index in [1.165, 1.54) is 17.9 Å². The van der Waals surface area contributed by atoms with Gasteiger partial charge >= 0.3 is 6.18 Å². The standard InChI is InChI=1S/C23H24ClF3N4O/c24-18-5-1-2-6-19(18)31-20(15-21(29-31)23(25,26)27)16-7-9-17(10-8-16)22(32)28-11-14-30-12-3-4-13-30/h1-2,5-10,15,21,29H,3-4,11-14H2,(H,28,32). The van der Waals surface area contributed by atoms with Crippen molar-refractivity contribution in [3.63, 3.8) is 0 Å². The number of amides is 1. The fourth-order valence-electron chi connectivity index (χ4n) is 3.93. The Hall–Kier alpha value is -2.55. The molecule has 0 spiro atoms. The molecule has 0 aliphatic carbocycles. The highest BCUT2D eigenvalue weighted by Crippen LogP contribution is 2.37. The average Bonchev–Trinajstić information content (AvgIpc) is 3.44. The summed E-state index contributed by atoms with van der Waals surface area (Å²) in [7, 11) is 0. The number of rotatable bonds is 6. The van der Waals surface area contributed by atoms with Gasteiger partial charge in [-0.25, -0.2) is 5.43 Å². The Morgan fingerprint density at radius 3 is 2.44 bits per heavy atom. The lowest BCUT2D eigenvalue weighted by Gasteiger charge is -2.26. The van der Waals surface area contributed by atoms with E-state index in [0.29, 0.717) is 34.1 Å². The number of nitrogens with zero attached hydrogens (tertiary/aromatic N) is 2. The first-order chi connectivity index (χ1) is 15.3. The van der Waals surface area contributed by atoms with Crippen LogP contribution in [0.5, 0.6) is 0 Å². The molecular formula is C23H24ClF3N4O. The number of likely N-dealkylation sites (tertiary alicyclic amines) is 1. The molecule has 1 amide bonds. The van der Waals surface area contributed by atoms with Crippen molar-refractivity contribution in [3.8, 4) is 0 Å². The minimum Gasteiger partial charge on any atom is -0.351 e. The normalized spacial score (nSPS) is 19.3. The van der Waals surface area contributed by atoms with Crippen LogP contribution in [0.2, 0.25) is 5.02 Å². The lowest BCUT2D eigenvalue weighted by Crippen LogP contribution is -2.44. The fourth-order valence-corrected chi connectivity index (χ4v) is 4.15. The SMILES string of the molecule is O=C(NCCN1CCCC1)c1ccc(C2=CC(C(F)(F)F)NN2c2ccccc2Cl)cc1. The van der Waals surface area contributed by atoms with E-state index < -0.39 is 12.2 Å². The quantitative estimate of drug-likeness (QED) is 0.662. The molecule has 4 rings (SSSR count). The van der Waals surface area contributed by atoms with Gasteiger partial charge in [0.15, 0.2) is 0 Å². The van der Waals surface area contributed by atoms with E-state index in [-0.39, 0.29) is 5.91 Å². The number of halogens is 4. The third-order valence-corrected chi connectivity index (χ3v) is 5.95. The predicted octanol–water partition coefficient (Wildman–Crippen LogP) is 4.46. The van der Waals surface area contributed by atoms with Gasteiger partial charge in [-0.1, -0.05) is 35.9 Å². The summed E-state index contributed by atoms with van der Waals surface area (Å²) in [4.78, 5) is 14.7. The van der Waals surface area contributed by atoms with Gasteiger partial charge in [0.2, 0.25) is 0 Å². The summed E-state index contributed by atoms with van der Waals surface area (Å²) in [6, 6.07) is 11.4. The summed E-state index contributed by atoms with van der Waals surface area (Å²) < 4.78 is 40.2. The molecule has 2 N–H and O–H groups in total. The second-order valence-corrected chi connectivity index (χ2v) is 8.28. The predicted molar refractivity (Wildman–Crippen MR) is 119 cm³/mol. The van der Waals surface area contributed by atoms with Crippen molar-refractivity contribution >= 4 is 28.9 Å². The van der Waals surface area contributed by atoms with Gasteiger partial charge in [0.25, 0.3) is 5.91 Å². The van der Waals surface area contributed by atoms with Crippen LogP contribution in [0.1, 0.15) is 28.8 Å². The van der Waals surface area contributed by atoms with E-state index in [2.05, 4.69) is 15.6 Å². The minimum absolute atomic E-state index is 0.203.